The molecule has 1 atom stereocenters. The van der Waals surface area contributed by atoms with E-state index in [1.807, 2.05) is 6.07 Å². The van der Waals surface area contributed by atoms with E-state index in [9.17, 15) is 4.79 Å². The fourth-order valence-electron chi connectivity index (χ4n) is 4.82. The molecule has 0 saturated heterocycles. The first-order valence-corrected chi connectivity index (χ1v) is 11.4. The van der Waals surface area contributed by atoms with Crippen LogP contribution in [-0.4, -0.2) is 5.24 Å². The average Bonchev–Trinajstić information content (AvgIpc) is 3.33. The van der Waals surface area contributed by atoms with Gasteiger partial charge in [0.1, 0.15) is 0 Å². The highest BCUT2D eigenvalue weighted by Gasteiger charge is 2.48. The molecule has 2 aromatic carbocycles. The number of hydrogen-bond acceptors (Lipinski definition) is 3. The number of halogens is 1. The standard InChI is InChI=1S/C24H19ClOS2/c1-14-21(16-8-3-5-11-19(16)27-14)18-10-7-13-24(18,23(25)26)22-15(2)28-20-12-6-4-9-17(20)22/h3-6,8-12H,7,13H2,1-2H3. The van der Waals surface area contributed by atoms with E-state index in [0.717, 1.165) is 29.4 Å². The second kappa shape index (κ2) is 6.55. The Labute approximate surface area is 177 Å². The fraction of sp³-hybridized carbons (Fsp3) is 0.208. The Kier molecular flexibility index (Phi) is 4.24. The van der Waals surface area contributed by atoms with Crippen molar-refractivity contribution in [3.63, 3.8) is 0 Å². The lowest BCUT2D eigenvalue weighted by Crippen LogP contribution is -2.32. The van der Waals surface area contributed by atoms with Crippen LogP contribution in [0.3, 0.4) is 0 Å². The van der Waals surface area contributed by atoms with Gasteiger partial charge in [-0.2, -0.15) is 0 Å². The summed E-state index contributed by atoms with van der Waals surface area (Å²) >= 11 is 9.99. The summed E-state index contributed by atoms with van der Waals surface area (Å²) in [6.07, 6.45) is 3.84. The second-order valence-corrected chi connectivity index (χ2v) is 10.3. The second-order valence-electron chi connectivity index (χ2n) is 7.39. The maximum absolute atomic E-state index is 13.1. The highest BCUT2D eigenvalue weighted by atomic mass is 35.5. The van der Waals surface area contributed by atoms with Crippen molar-refractivity contribution in [3.05, 3.63) is 75.5 Å². The summed E-state index contributed by atoms with van der Waals surface area (Å²) in [5.41, 5.74) is 2.61. The highest BCUT2D eigenvalue weighted by Crippen LogP contribution is 2.55. The molecule has 0 radical (unpaired) electrons. The van der Waals surface area contributed by atoms with Crippen molar-refractivity contribution in [2.75, 3.05) is 0 Å². The molecule has 1 aliphatic carbocycles. The van der Waals surface area contributed by atoms with Crippen LogP contribution in [0.1, 0.15) is 33.7 Å². The molecule has 0 saturated carbocycles. The zero-order chi connectivity index (χ0) is 19.5. The number of thiophene rings is 2. The van der Waals surface area contributed by atoms with Crippen LogP contribution in [0, 0.1) is 13.8 Å². The molecule has 1 unspecified atom stereocenters. The van der Waals surface area contributed by atoms with Gasteiger partial charge in [0.15, 0.2) is 0 Å². The van der Waals surface area contributed by atoms with Crippen molar-refractivity contribution in [3.8, 4) is 0 Å². The van der Waals surface area contributed by atoms with Crippen LogP contribution in [0.2, 0.25) is 0 Å². The normalized spacial score (nSPS) is 19.5. The number of carbonyl (C=O) groups excluding carboxylic acids is 1. The zero-order valence-corrected chi connectivity index (χ0v) is 18.1. The third kappa shape index (κ3) is 2.40. The molecule has 4 aromatic rings. The molecular formula is C24H19ClOS2. The molecule has 140 valence electrons. The van der Waals surface area contributed by atoms with E-state index in [-0.39, 0.29) is 5.24 Å². The van der Waals surface area contributed by atoms with Crippen LogP contribution in [-0.2, 0) is 10.2 Å². The number of benzene rings is 2. The Morgan fingerprint density at radius 1 is 0.929 bits per heavy atom. The Balaban J connectivity index is 1.85. The summed E-state index contributed by atoms with van der Waals surface area (Å²) in [5, 5.41) is 2.11. The van der Waals surface area contributed by atoms with E-state index in [4.69, 9.17) is 11.6 Å². The van der Waals surface area contributed by atoms with Gasteiger partial charge in [-0.1, -0.05) is 42.5 Å². The summed E-state index contributed by atoms with van der Waals surface area (Å²) in [7, 11) is 0. The largest absolute Gasteiger partial charge is 0.280 e. The first-order chi connectivity index (χ1) is 13.5. The molecular weight excluding hydrogens is 404 g/mol. The minimum absolute atomic E-state index is 0.266. The summed E-state index contributed by atoms with van der Waals surface area (Å²) in [6, 6.07) is 16.8. The van der Waals surface area contributed by atoms with Gasteiger partial charge in [0.25, 0.3) is 0 Å². The van der Waals surface area contributed by atoms with Gasteiger partial charge in [0, 0.05) is 30.1 Å². The van der Waals surface area contributed by atoms with Crippen LogP contribution in [0.15, 0.2) is 54.6 Å². The Morgan fingerprint density at radius 2 is 1.54 bits per heavy atom. The summed E-state index contributed by atoms with van der Waals surface area (Å²) in [4.78, 5) is 15.6. The van der Waals surface area contributed by atoms with Gasteiger partial charge in [-0.05, 0) is 66.9 Å². The van der Waals surface area contributed by atoms with Crippen LogP contribution in [0.4, 0.5) is 0 Å². The third-order valence-electron chi connectivity index (χ3n) is 5.90. The van der Waals surface area contributed by atoms with Gasteiger partial charge in [-0.25, -0.2) is 0 Å². The number of carbonyl (C=O) groups is 1. The topological polar surface area (TPSA) is 17.1 Å². The molecule has 0 N–H and O–H groups in total. The van der Waals surface area contributed by atoms with E-state index in [1.165, 1.54) is 30.1 Å². The Hall–Kier alpha value is -1.94. The molecule has 0 spiro atoms. The van der Waals surface area contributed by atoms with E-state index in [0.29, 0.717) is 0 Å². The average molecular weight is 423 g/mol. The molecule has 5 rings (SSSR count). The summed E-state index contributed by atoms with van der Waals surface area (Å²) in [5.74, 6) is 0. The SMILES string of the molecule is Cc1sc2ccccc2c1C1=CCCC1(C(=O)Cl)c1c(C)sc2ccccc12. The quantitative estimate of drug-likeness (QED) is 0.310. The van der Waals surface area contributed by atoms with Gasteiger partial charge in [-0.3, -0.25) is 4.79 Å². The summed E-state index contributed by atoms with van der Waals surface area (Å²) in [6.45, 7) is 4.28. The molecule has 0 aliphatic heterocycles. The van der Waals surface area contributed by atoms with Crippen LogP contribution >= 0.6 is 34.3 Å². The molecule has 0 bridgehead atoms. The monoisotopic (exact) mass is 422 g/mol. The Bertz CT molecular complexity index is 1280. The van der Waals surface area contributed by atoms with Crippen molar-refractivity contribution in [2.24, 2.45) is 0 Å². The minimum Gasteiger partial charge on any atom is -0.280 e. The van der Waals surface area contributed by atoms with Crippen molar-refractivity contribution in [2.45, 2.75) is 32.1 Å². The van der Waals surface area contributed by atoms with E-state index in [1.54, 1.807) is 22.7 Å². The molecule has 4 heteroatoms. The lowest BCUT2D eigenvalue weighted by atomic mass is 9.72. The highest BCUT2D eigenvalue weighted by molar-refractivity contribution is 7.19. The molecule has 2 aromatic heterocycles. The minimum atomic E-state index is -0.778. The van der Waals surface area contributed by atoms with Crippen molar-refractivity contribution >= 4 is 65.3 Å². The number of aryl methyl sites for hydroxylation is 2. The molecule has 0 fully saturated rings. The van der Waals surface area contributed by atoms with Crippen molar-refractivity contribution in [1.29, 1.82) is 0 Å². The number of allylic oxidation sites excluding steroid dienone is 2. The fourth-order valence-corrected chi connectivity index (χ4v) is 7.33. The predicted octanol–water partition coefficient (Wildman–Crippen LogP) is 7.61. The van der Waals surface area contributed by atoms with Gasteiger partial charge in [0.05, 0.1) is 5.41 Å². The van der Waals surface area contributed by atoms with Crippen molar-refractivity contribution < 1.29 is 4.79 Å². The van der Waals surface area contributed by atoms with E-state index in [2.05, 4.69) is 62.4 Å². The first kappa shape index (κ1) is 18.1. The molecule has 28 heavy (non-hydrogen) atoms. The lowest BCUT2D eigenvalue weighted by Gasteiger charge is -2.30. The summed E-state index contributed by atoms with van der Waals surface area (Å²) < 4.78 is 2.47. The number of rotatable bonds is 3. The molecule has 1 aliphatic rings. The van der Waals surface area contributed by atoms with Gasteiger partial charge >= 0.3 is 0 Å². The van der Waals surface area contributed by atoms with Crippen molar-refractivity contribution in [1.82, 2.24) is 0 Å². The van der Waals surface area contributed by atoms with Gasteiger partial charge < -0.3 is 0 Å². The van der Waals surface area contributed by atoms with E-state index < -0.39 is 5.41 Å². The maximum Gasteiger partial charge on any atom is 0.236 e. The zero-order valence-electron chi connectivity index (χ0n) is 15.7. The molecule has 2 heterocycles. The predicted molar refractivity (Wildman–Crippen MR) is 123 cm³/mol. The van der Waals surface area contributed by atoms with Gasteiger partial charge in [-0.15, -0.1) is 22.7 Å². The first-order valence-electron chi connectivity index (χ1n) is 9.41. The molecule has 1 nitrogen and oxygen atoms in total. The smallest absolute Gasteiger partial charge is 0.236 e. The van der Waals surface area contributed by atoms with E-state index >= 15 is 0 Å². The maximum atomic E-state index is 13.1. The van der Waals surface area contributed by atoms with Gasteiger partial charge in [0.2, 0.25) is 5.24 Å². The van der Waals surface area contributed by atoms with Crippen LogP contribution < -0.4 is 0 Å². The van der Waals surface area contributed by atoms with Crippen LogP contribution in [0.25, 0.3) is 25.7 Å². The third-order valence-corrected chi connectivity index (χ3v) is 8.40. The number of fused-ring (bicyclic) bond motifs is 2. The molecule has 0 amide bonds. The lowest BCUT2D eigenvalue weighted by molar-refractivity contribution is -0.114. The Morgan fingerprint density at radius 3 is 2.25 bits per heavy atom. The number of hydrogen-bond donors (Lipinski definition) is 0. The van der Waals surface area contributed by atoms with Crippen LogP contribution in [0.5, 0.6) is 0 Å².